The van der Waals surface area contributed by atoms with Gasteiger partial charge in [0, 0.05) is 32.2 Å². The summed E-state index contributed by atoms with van der Waals surface area (Å²) < 4.78 is 25.1. The van der Waals surface area contributed by atoms with E-state index in [9.17, 15) is 9.18 Å². The number of amides is 1. The van der Waals surface area contributed by atoms with E-state index in [1.807, 2.05) is 51.1 Å². The topological polar surface area (TPSA) is 42.0 Å². The van der Waals surface area contributed by atoms with Crippen LogP contribution >= 0.6 is 0 Å². The number of halogens is 1. The normalized spacial score (nSPS) is 14.7. The zero-order valence-corrected chi connectivity index (χ0v) is 16.7. The highest BCUT2D eigenvalue weighted by Crippen LogP contribution is 2.31. The van der Waals surface area contributed by atoms with E-state index in [1.165, 1.54) is 12.1 Å². The summed E-state index contributed by atoms with van der Waals surface area (Å²) in [5, 5.41) is 0. The lowest BCUT2D eigenvalue weighted by Gasteiger charge is -2.37. The van der Waals surface area contributed by atoms with Crippen LogP contribution in [0.2, 0.25) is 0 Å². The Morgan fingerprint density at radius 3 is 2.36 bits per heavy atom. The van der Waals surface area contributed by atoms with Gasteiger partial charge in [-0.1, -0.05) is 30.3 Å². The Morgan fingerprint density at radius 2 is 1.71 bits per heavy atom. The molecular weight excluding hydrogens is 359 g/mol. The van der Waals surface area contributed by atoms with E-state index in [2.05, 4.69) is 4.90 Å². The second-order valence-electron chi connectivity index (χ2n) is 7.84. The fraction of sp³-hybridized carbons (Fsp3) is 0.409. The Hall–Kier alpha value is -2.76. The summed E-state index contributed by atoms with van der Waals surface area (Å²) in [6, 6.07) is 14.4. The Balaban J connectivity index is 1.65. The number of piperazine rings is 1. The zero-order valence-electron chi connectivity index (χ0n) is 16.7. The molecule has 0 atom stereocenters. The average molecular weight is 386 g/mol. The number of carbonyl (C=O) groups is 1. The number of anilines is 1. The van der Waals surface area contributed by atoms with E-state index < -0.39 is 5.60 Å². The third-order valence-electron chi connectivity index (χ3n) is 4.43. The molecular formula is C22H27FN2O3. The number of carbonyl (C=O) groups excluding carboxylic acids is 1. The van der Waals surface area contributed by atoms with Crippen LogP contribution in [0.1, 0.15) is 26.3 Å². The van der Waals surface area contributed by atoms with Crippen molar-refractivity contribution in [2.75, 3.05) is 31.1 Å². The van der Waals surface area contributed by atoms with Crippen molar-refractivity contribution >= 4 is 11.8 Å². The van der Waals surface area contributed by atoms with Crippen molar-refractivity contribution in [3.05, 3.63) is 59.9 Å². The first-order valence-electron chi connectivity index (χ1n) is 9.51. The first-order chi connectivity index (χ1) is 13.3. The molecule has 2 aromatic carbocycles. The van der Waals surface area contributed by atoms with Gasteiger partial charge in [0.05, 0.1) is 5.69 Å². The number of hydrogen-bond acceptors (Lipinski definition) is 4. The smallest absolute Gasteiger partial charge is 0.410 e. The minimum Gasteiger partial charge on any atom is -0.487 e. The first kappa shape index (κ1) is 20.0. The third-order valence-corrected chi connectivity index (χ3v) is 4.43. The van der Waals surface area contributed by atoms with Crippen LogP contribution in [0.3, 0.4) is 0 Å². The van der Waals surface area contributed by atoms with Crippen molar-refractivity contribution in [1.82, 2.24) is 4.90 Å². The van der Waals surface area contributed by atoms with Crippen molar-refractivity contribution in [1.29, 1.82) is 0 Å². The highest BCUT2D eigenvalue weighted by atomic mass is 19.1. The summed E-state index contributed by atoms with van der Waals surface area (Å²) in [6.07, 6.45) is -0.299. The molecule has 0 unspecified atom stereocenters. The summed E-state index contributed by atoms with van der Waals surface area (Å²) >= 11 is 0. The quantitative estimate of drug-likeness (QED) is 0.778. The van der Waals surface area contributed by atoms with Crippen molar-refractivity contribution in [2.24, 2.45) is 0 Å². The second-order valence-corrected chi connectivity index (χ2v) is 7.84. The largest absolute Gasteiger partial charge is 0.487 e. The molecule has 6 heteroatoms. The van der Waals surface area contributed by atoms with Gasteiger partial charge in [-0.3, -0.25) is 0 Å². The molecule has 1 fully saturated rings. The maximum absolute atomic E-state index is 13.8. The molecule has 1 saturated heterocycles. The van der Waals surface area contributed by atoms with Crippen molar-refractivity contribution in [3.63, 3.8) is 0 Å². The summed E-state index contributed by atoms with van der Waals surface area (Å²) in [7, 11) is 0. The van der Waals surface area contributed by atoms with E-state index >= 15 is 0 Å². The van der Waals surface area contributed by atoms with Gasteiger partial charge < -0.3 is 19.3 Å². The van der Waals surface area contributed by atoms with Gasteiger partial charge in [-0.25, -0.2) is 9.18 Å². The molecule has 1 heterocycles. The van der Waals surface area contributed by atoms with Crippen LogP contribution in [-0.2, 0) is 11.3 Å². The van der Waals surface area contributed by atoms with Crippen LogP contribution in [0.5, 0.6) is 5.75 Å². The number of rotatable bonds is 4. The molecule has 2 aromatic rings. The number of ether oxygens (including phenoxy) is 2. The highest BCUT2D eigenvalue weighted by molar-refractivity contribution is 5.69. The summed E-state index contributed by atoms with van der Waals surface area (Å²) in [5.74, 6) is 0.175. The summed E-state index contributed by atoms with van der Waals surface area (Å²) in [4.78, 5) is 16.1. The molecule has 0 bridgehead atoms. The van der Waals surface area contributed by atoms with Crippen molar-refractivity contribution in [3.8, 4) is 5.75 Å². The van der Waals surface area contributed by atoms with Gasteiger partial charge in [0.1, 0.15) is 23.8 Å². The van der Waals surface area contributed by atoms with E-state index in [0.29, 0.717) is 38.5 Å². The van der Waals surface area contributed by atoms with Crippen LogP contribution in [0, 0.1) is 5.82 Å². The van der Waals surface area contributed by atoms with E-state index in [4.69, 9.17) is 9.47 Å². The van der Waals surface area contributed by atoms with E-state index in [1.54, 1.807) is 11.0 Å². The van der Waals surface area contributed by atoms with Gasteiger partial charge in [-0.05, 0) is 38.5 Å². The van der Waals surface area contributed by atoms with Crippen LogP contribution in [0.25, 0.3) is 0 Å². The van der Waals surface area contributed by atoms with Gasteiger partial charge in [-0.2, -0.15) is 0 Å². The van der Waals surface area contributed by atoms with Gasteiger partial charge in [0.2, 0.25) is 0 Å². The second kappa shape index (κ2) is 8.50. The lowest BCUT2D eigenvalue weighted by Crippen LogP contribution is -2.50. The molecule has 1 aliphatic rings. The van der Waals surface area contributed by atoms with Crippen molar-refractivity contribution < 1.29 is 18.7 Å². The molecule has 0 spiro atoms. The molecule has 1 amide bonds. The molecule has 0 aromatic heterocycles. The zero-order chi connectivity index (χ0) is 20.1. The maximum Gasteiger partial charge on any atom is 0.410 e. The molecule has 5 nitrogen and oxygen atoms in total. The maximum atomic E-state index is 13.8. The van der Waals surface area contributed by atoms with Gasteiger partial charge >= 0.3 is 6.09 Å². The Labute approximate surface area is 165 Å². The molecule has 28 heavy (non-hydrogen) atoms. The summed E-state index contributed by atoms with van der Waals surface area (Å²) in [5.41, 5.74) is 1.34. The van der Waals surface area contributed by atoms with Crippen LogP contribution in [-0.4, -0.2) is 42.8 Å². The fourth-order valence-electron chi connectivity index (χ4n) is 3.06. The standard InChI is InChI=1S/C22H27FN2O3/c1-22(2,3)28-21(26)25-13-11-24(12-14-25)19-10-9-18(23)15-20(19)27-16-17-7-5-4-6-8-17/h4-10,15H,11-14,16H2,1-3H3. The van der Waals surface area contributed by atoms with Crippen molar-refractivity contribution in [2.45, 2.75) is 33.0 Å². The lowest BCUT2D eigenvalue weighted by molar-refractivity contribution is 0.0240. The molecule has 0 aliphatic carbocycles. The third kappa shape index (κ3) is 5.38. The highest BCUT2D eigenvalue weighted by Gasteiger charge is 2.27. The van der Waals surface area contributed by atoms with E-state index in [-0.39, 0.29) is 11.9 Å². The monoisotopic (exact) mass is 386 g/mol. The van der Waals surface area contributed by atoms with Crippen LogP contribution in [0.4, 0.5) is 14.9 Å². The molecule has 150 valence electrons. The van der Waals surface area contributed by atoms with Gasteiger partial charge in [0.25, 0.3) is 0 Å². The molecule has 3 rings (SSSR count). The number of benzene rings is 2. The average Bonchev–Trinajstić information content (AvgIpc) is 2.66. The fourth-order valence-corrected chi connectivity index (χ4v) is 3.06. The minimum absolute atomic E-state index is 0.299. The van der Waals surface area contributed by atoms with Gasteiger partial charge in [0.15, 0.2) is 0 Å². The molecule has 0 N–H and O–H groups in total. The van der Waals surface area contributed by atoms with Gasteiger partial charge in [-0.15, -0.1) is 0 Å². The number of hydrogen-bond donors (Lipinski definition) is 0. The minimum atomic E-state index is -0.510. The lowest BCUT2D eigenvalue weighted by atomic mass is 10.2. The predicted octanol–water partition coefficient (Wildman–Crippen LogP) is 4.46. The molecule has 0 radical (unpaired) electrons. The Kier molecular flexibility index (Phi) is 6.07. The molecule has 1 aliphatic heterocycles. The Morgan fingerprint density at radius 1 is 1.04 bits per heavy atom. The van der Waals surface area contributed by atoms with Crippen LogP contribution in [0.15, 0.2) is 48.5 Å². The Bertz CT molecular complexity index is 797. The molecule has 0 saturated carbocycles. The predicted molar refractivity (Wildman–Crippen MR) is 107 cm³/mol. The van der Waals surface area contributed by atoms with E-state index in [0.717, 1.165) is 11.3 Å². The first-order valence-corrected chi connectivity index (χ1v) is 9.51. The number of nitrogens with zero attached hydrogens (tertiary/aromatic N) is 2. The SMILES string of the molecule is CC(C)(C)OC(=O)N1CCN(c2ccc(F)cc2OCc2ccccc2)CC1. The van der Waals surface area contributed by atoms with Crippen LogP contribution < -0.4 is 9.64 Å². The summed E-state index contributed by atoms with van der Waals surface area (Å²) in [6.45, 7) is 8.30.